The number of aromatic nitrogens is 6. The number of rotatable bonds is 8. The second-order valence-electron chi connectivity index (χ2n) is 9.18. The van der Waals surface area contributed by atoms with Crippen molar-refractivity contribution >= 4 is 28.5 Å². The first-order valence-corrected chi connectivity index (χ1v) is 12.5. The van der Waals surface area contributed by atoms with Gasteiger partial charge in [0.2, 0.25) is 17.7 Å². The van der Waals surface area contributed by atoms with E-state index in [0.717, 1.165) is 19.5 Å². The maximum Gasteiger partial charge on any atom is 0.244 e. The zero-order chi connectivity index (χ0) is 26.1. The number of piperazine rings is 1. The van der Waals surface area contributed by atoms with Gasteiger partial charge in [0.25, 0.3) is 0 Å². The lowest BCUT2D eigenvalue weighted by molar-refractivity contribution is -0.133. The van der Waals surface area contributed by atoms with Gasteiger partial charge in [-0.3, -0.25) is 9.48 Å². The van der Waals surface area contributed by atoms with Crippen molar-refractivity contribution in [2.24, 2.45) is 0 Å². The molecule has 4 aromatic heterocycles. The predicted molar refractivity (Wildman–Crippen MR) is 138 cm³/mol. The molecular formula is C25H29N9O4. The van der Waals surface area contributed by atoms with Crippen LogP contribution in [0.4, 0.5) is 5.95 Å². The molecule has 1 aliphatic heterocycles. The Morgan fingerprint density at radius 3 is 2.79 bits per heavy atom. The number of furan rings is 1. The van der Waals surface area contributed by atoms with Crippen LogP contribution >= 0.6 is 0 Å². The molecular weight excluding hydrogens is 490 g/mol. The number of nitrogen functional groups attached to an aromatic ring is 1. The number of nitrogens with zero attached hydrogens (tertiary/aromatic N) is 8. The van der Waals surface area contributed by atoms with Crippen LogP contribution < -0.4 is 5.73 Å². The highest BCUT2D eigenvalue weighted by atomic mass is 16.5. The molecule has 5 heterocycles. The molecule has 0 spiro atoms. The first-order chi connectivity index (χ1) is 18.6. The lowest BCUT2D eigenvalue weighted by Crippen LogP contribution is -2.49. The molecule has 13 heteroatoms. The van der Waals surface area contributed by atoms with E-state index in [1.807, 2.05) is 4.90 Å². The molecule has 198 valence electrons. The van der Waals surface area contributed by atoms with Crippen molar-refractivity contribution in [3.63, 3.8) is 0 Å². The van der Waals surface area contributed by atoms with Crippen LogP contribution in [0.5, 0.6) is 0 Å². The van der Waals surface area contributed by atoms with Crippen LogP contribution in [0, 0.1) is 0 Å². The number of anilines is 1. The van der Waals surface area contributed by atoms with Crippen LogP contribution in [-0.4, -0.2) is 97.7 Å². The van der Waals surface area contributed by atoms with Crippen LogP contribution in [0.15, 0.2) is 52.9 Å². The molecule has 2 aliphatic rings. The number of allylic oxidation sites excluding steroid dienone is 1. The topological polar surface area (TPSA) is 142 Å². The van der Waals surface area contributed by atoms with Gasteiger partial charge in [-0.25, -0.2) is 4.98 Å². The van der Waals surface area contributed by atoms with Crippen molar-refractivity contribution in [1.29, 1.82) is 0 Å². The number of fused-ring (bicyclic) bond motifs is 3. The van der Waals surface area contributed by atoms with Crippen molar-refractivity contribution in [3.8, 4) is 11.6 Å². The molecule has 1 saturated heterocycles. The van der Waals surface area contributed by atoms with E-state index in [9.17, 15) is 4.79 Å². The monoisotopic (exact) mass is 519 g/mol. The molecule has 0 radical (unpaired) electrons. The molecule has 0 bridgehead atoms. The van der Waals surface area contributed by atoms with Gasteiger partial charge in [-0.2, -0.15) is 14.6 Å². The van der Waals surface area contributed by atoms with E-state index in [2.05, 4.69) is 43.3 Å². The van der Waals surface area contributed by atoms with E-state index in [1.54, 1.807) is 36.4 Å². The molecule has 38 heavy (non-hydrogen) atoms. The molecule has 1 aliphatic carbocycles. The van der Waals surface area contributed by atoms with Crippen LogP contribution in [0.1, 0.15) is 6.42 Å². The molecule has 6 rings (SSSR count). The third-order valence-corrected chi connectivity index (χ3v) is 6.72. The normalized spacial score (nSPS) is 18.0. The zero-order valence-corrected chi connectivity index (χ0v) is 21.1. The first kappa shape index (κ1) is 24.1. The van der Waals surface area contributed by atoms with E-state index in [-0.39, 0.29) is 24.5 Å². The van der Waals surface area contributed by atoms with Crippen LogP contribution in [0.2, 0.25) is 0 Å². The summed E-state index contributed by atoms with van der Waals surface area (Å²) in [5, 5.41) is 9.53. The van der Waals surface area contributed by atoms with E-state index >= 15 is 0 Å². The summed E-state index contributed by atoms with van der Waals surface area (Å²) in [6.07, 6.45) is 10.6. The molecule has 13 nitrogen and oxygen atoms in total. The fourth-order valence-corrected chi connectivity index (χ4v) is 4.73. The Morgan fingerprint density at radius 1 is 1.18 bits per heavy atom. The number of ether oxygens (including phenoxy) is 2. The number of methoxy groups -OCH3 is 1. The highest BCUT2D eigenvalue weighted by Crippen LogP contribution is 2.23. The Labute approximate surface area is 218 Å². The maximum atomic E-state index is 13.1. The van der Waals surface area contributed by atoms with Gasteiger partial charge in [-0.05, 0) is 24.6 Å². The van der Waals surface area contributed by atoms with Crippen molar-refractivity contribution in [3.05, 3.63) is 48.5 Å². The summed E-state index contributed by atoms with van der Waals surface area (Å²) in [7, 11) is 1.67. The fourth-order valence-electron chi connectivity index (χ4n) is 4.73. The van der Waals surface area contributed by atoms with Crippen molar-refractivity contribution in [1.82, 2.24) is 39.2 Å². The van der Waals surface area contributed by atoms with E-state index in [4.69, 9.17) is 19.6 Å². The fraction of sp³-hybridized carbons (Fsp3) is 0.400. The Morgan fingerprint density at radius 2 is 2.05 bits per heavy atom. The second kappa shape index (κ2) is 10.3. The number of hydrogen-bond donors (Lipinski definition) is 1. The minimum absolute atomic E-state index is 0.000960. The second-order valence-corrected chi connectivity index (χ2v) is 9.18. The number of nitrogens with two attached hydrogens (primary N) is 1. The van der Waals surface area contributed by atoms with Gasteiger partial charge in [0, 0.05) is 45.2 Å². The SMILES string of the molecule is COCCOC1C=CC(N2CCN(C(=O)Cn3cc4c(nc(N)n5nc(-c6ccco6)nc45)n3)CC2)=CC1. The Hall–Kier alpha value is -4.23. The zero-order valence-electron chi connectivity index (χ0n) is 21.1. The smallest absolute Gasteiger partial charge is 0.244 e. The van der Waals surface area contributed by atoms with Crippen molar-refractivity contribution in [2.45, 2.75) is 19.1 Å². The summed E-state index contributed by atoms with van der Waals surface area (Å²) in [5.41, 5.74) is 8.19. The van der Waals surface area contributed by atoms with Crippen LogP contribution in [0.3, 0.4) is 0 Å². The third-order valence-electron chi connectivity index (χ3n) is 6.72. The minimum atomic E-state index is -0.000960. The quantitative estimate of drug-likeness (QED) is 0.339. The Balaban J connectivity index is 1.09. The molecule has 1 fully saturated rings. The summed E-state index contributed by atoms with van der Waals surface area (Å²) >= 11 is 0. The number of hydrogen-bond acceptors (Lipinski definition) is 10. The summed E-state index contributed by atoms with van der Waals surface area (Å²) in [6, 6.07) is 3.54. The average molecular weight is 520 g/mol. The minimum Gasteiger partial charge on any atom is -0.461 e. The third kappa shape index (κ3) is 4.73. The maximum absolute atomic E-state index is 13.1. The first-order valence-electron chi connectivity index (χ1n) is 12.5. The molecule has 2 N–H and O–H groups in total. The van der Waals surface area contributed by atoms with Gasteiger partial charge >= 0.3 is 0 Å². The van der Waals surface area contributed by atoms with Gasteiger partial charge in [-0.1, -0.05) is 12.2 Å². The number of amides is 1. The highest BCUT2D eigenvalue weighted by Gasteiger charge is 2.24. The predicted octanol–water partition coefficient (Wildman–Crippen LogP) is 1.34. The standard InChI is InChI=1S/C25H29N9O4/c1-36-13-14-37-18-6-4-17(5-7-18)31-8-10-32(11-9-31)21(35)16-33-15-19-22(29-33)28-25(26)34-24(19)27-23(30-34)20-3-2-12-38-20/h2-6,12,15,18H,7-11,13-14,16H2,1H3,(H2,26,28,29). The van der Waals surface area contributed by atoms with E-state index in [1.165, 1.54) is 10.2 Å². The van der Waals surface area contributed by atoms with Crippen LogP contribution in [0.25, 0.3) is 28.3 Å². The molecule has 1 unspecified atom stereocenters. The molecule has 1 amide bonds. The molecule has 4 aromatic rings. The van der Waals surface area contributed by atoms with Gasteiger partial charge in [0.15, 0.2) is 17.1 Å². The van der Waals surface area contributed by atoms with E-state index in [0.29, 0.717) is 54.6 Å². The summed E-state index contributed by atoms with van der Waals surface area (Å²) in [5.74, 6) is 1.08. The van der Waals surface area contributed by atoms with Gasteiger partial charge in [-0.15, -0.1) is 5.10 Å². The number of carbonyl (C=O) groups is 1. The van der Waals surface area contributed by atoms with Gasteiger partial charge in [0.05, 0.1) is 31.0 Å². The molecule has 0 aromatic carbocycles. The van der Waals surface area contributed by atoms with Crippen molar-refractivity contribution < 1.29 is 18.7 Å². The lowest BCUT2D eigenvalue weighted by atomic mass is 10.1. The number of carbonyl (C=O) groups excluding carboxylic acids is 1. The van der Waals surface area contributed by atoms with E-state index < -0.39 is 0 Å². The average Bonchev–Trinajstić information content (AvgIpc) is 3.69. The van der Waals surface area contributed by atoms with Crippen molar-refractivity contribution in [2.75, 3.05) is 52.2 Å². The molecule has 1 atom stereocenters. The van der Waals surface area contributed by atoms with Crippen LogP contribution in [-0.2, 0) is 20.8 Å². The molecule has 0 saturated carbocycles. The lowest BCUT2D eigenvalue weighted by Gasteiger charge is -2.37. The Kier molecular flexibility index (Phi) is 6.52. The highest BCUT2D eigenvalue weighted by molar-refractivity contribution is 5.90. The Bertz CT molecular complexity index is 1500. The summed E-state index contributed by atoms with van der Waals surface area (Å²) in [4.78, 5) is 26.2. The largest absolute Gasteiger partial charge is 0.461 e. The van der Waals surface area contributed by atoms with Gasteiger partial charge in [0.1, 0.15) is 6.54 Å². The van der Waals surface area contributed by atoms with Gasteiger partial charge < -0.3 is 29.4 Å². The summed E-state index contributed by atoms with van der Waals surface area (Å²) in [6.45, 7) is 4.10. The summed E-state index contributed by atoms with van der Waals surface area (Å²) < 4.78 is 19.3.